The fraction of sp³-hybridized carbons (Fsp3) is 0.900. The Balaban J connectivity index is 4.53. The maximum absolute atomic E-state index is 4.56. The van der Waals surface area contributed by atoms with Crippen LogP contribution in [-0.2, 0) is 0 Å². The first-order chi connectivity index (χ1) is 4.83. The summed E-state index contributed by atoms with van der Waals surface area (Å²) in [5, 5.41) is 0. The van der Waals surface area contributed by atoms with Gasteiger partial charge in [-0.15, -0.1) is 0 Å². The average Bonchev–Trinajstić information content (AvgIpc) is 1.84. The molecule has 0 unspecified atom stereocenters. The van der Waals surface area contributed by atoms with E-state index in [1.54, 1.807) is 0 Å². The summed E-state index contributed by atoms with van der Waals surface area (Å²) in [6.45, 7) is 14.1. The minimum atomic E-state index is -1.75. The van der Waals surface area contributed by atoms with E-state index in [4.69, 9.17) is 0 Å². The molecule has 0 aliphatic rings. The molecule has 0 nitrogen and oxygen atoms in total. The molecule has 11 heavy (non-hydrogen) atoms. The predicted octanol–water partition coefficient (Wildman–Crippen LogP) is 4.04. The van der Waals surface area contributed by atoms with Gasteiger partial charge in [0.15, 0.2) is 0 Å². The van der Waals surface area contributed by atoms with Crippen molar-refractivity contribution in [2.45, 2.75) is 55.8 Å². The predicted molar refractivity (Wildman–Crippen MR) is 56.4 cm³/mol. The van der Waals surface area contributed by atoms with E-state index < -0.39 is 13.3 Å². The molecule has 0 atom stereocenters. The molecule has 0 aliphatic heterocycles. The molecule has 0 heterocycles. The second kappa shape index (κ2) is 3.97. The van der Waals surface area contributed by atoms with E-state index in [0.29, 0.717) is 0 Å². The number of hydrogen-bond acceptors (Lipinski definition) is 0. The Morgan fingerprint density at radius 1 is 0.727 bits per heavy atom. The summed E-state index contributed by atoms with van der Waals surface area (Å²) in [6, 6.07) is 0. The van der Waals surface area contributed by atoms with E-state index in [-0.39, 0.29) is 0 Å². The van der Waals surface area contributed by atoms with Gasteiger partial charge in [-0.3, -0.25) is 0 Å². The summed E-state index contributed by atoms with van der Waals surface area (Å²) < 4.78 is 2.57. The molecular weight excluding hydrogens is 193 g/mol. The van der Waals surface area contributed by atoms with Crippen molar-refractivity contribution in [2.75, 3.05) is 0 Å². The molecule has 0 amide bonds. The fourth-order valence-corrected chi connectivity index (χ4v) is 10.4. The van der Waals surface area contributed by atoms with Crippen molar-refractivity contribution >= 4 is 13.3 Å². The zero-order valence-corrected chi connectivity index (χ0v) is 11.0. The molecule has 0 rings (SSSR count). The Labute approximate surface area is 75.1 Å². The molecule has 0 aliphatic carbocycles. The first-order valence-corrected chi connectivity index (χ1v) is 9.80. The third kappa shape index (κ3) is 2.24. The molecule has 0 saturated carbocycles. The van der Waals surface area contributed by atoms with Gasteiger partial charge in [0, 0.05) is 0 Å². The summed E-state index contributed by atoms with van der Waals surface area (Å²) in [7, 11) is 0. The standard InChI is InChI=1S/C10H23Ge/c1-8(2)11(7,9(3)4)10(5)6/h8-10H,7H2,1-6H3. The molecule has 1 heteroatoms. The first kappa shape index (κ1) is 11.5. The van der Waals surface area contributed by atoms with E-state index in [0.717, 1.165) is 14.3 Å². The second-order valence-corrected chi connectivity index (χ2v) is 16.5. The van der Waals surface area contributed by atoms with Gasteiger partial charge in [0.2, 0.25) is 0 Å². The van der Waals surface area contributed by atoms with Crippen molar-refractivity contribution in [3.05, 3.63) is 5.76 Å². The molecule has 0 saturated heterocycles. The first-order valence-electron chi connectivity index (χ1n) is 4.68. The average molecular weight is 216 g/mol. The van der Waals surface area contributed by atoms with Crippen molar-refractivity contribution in [2.24, 2.45) is 0 Å². The van der Waals surface area contributed by atoms with Gasteiger partial charge in [-0.25, -0.2) is 0 Å². The van der Waals surface area contributed by atoms with Gasteiger partial charge in [-0.2, -0.15) is 0 Å². The van der Waals surface area contributed by atoms with Crippen LogP contribution in [0.5, 0.6) is 0 Å². The molecule has 0 aromatic rings. The van der Waals surface area contributed by atoms with Gasteiger partial charge in [0.25, 0.3) is 0 Å². The van der Waals surface area contributed by atoms with Crippen LogP contribution >= 0.6 is 0 Å². The summed E-state index contributed by atoms with van der Waals surface area (Å²) in [5.41, 5.74) is 0. The topological polar surface area (TPSA) is 0 Å². The van der Waals surface area contributed by atoms with Crippen LogP contribution in [0.1, 0.15) is 41.5 Å². The summed E-state index contributed by atoms with van der Waals surface area (Å²) in [4.78, 5) is 0. The fourth-order valence-electron chi connectivity index (χ4n) is 2.00. The van der Waals surface area contributed by atoms with E-state index in [1.807, 2.05) is 0 Å². The number of hydrogen-bond donors (Lipinski definition) is 0. The Hall–Kier alpha value is 0.543. The molecule has 0 fully saturated rings. The maximum atomic E-state index is 4.56. The second-order valence-electron chi connectivity index (χ2n) is 4.58. The van der Waals surface area contributed by atoms with Crippen LogP contribution in [0.4, 0.5) is 0 Å². The van der Waals surface area contributed by atoms with Crippen LogP contribution < -0.4 is 0 Å². The number of rotatable bonds is 3. The zero-order valence-electron chi connectivity index (χ0n) is 8.94. The van der Waals surface area contributed by atoms with Gasteiger partial charge in [-0.05, 0) is 0 Å². The third-order valence-corrected chi connectivity index (χ3v) is 16.8. The molecule has 0 N–H and O–H groups in total. The van der Waals surface area contributed by atoms with E-state index in [9.17, 15) is 0 Å². The Kier molecular flexibility index (Phi) is 4.17. The third-order valence-electron chi connectivity index (χ3n) is 3.22. The van der Waals surface area contributed by atoms with Gasteiger partial charge >= 0.3 is 74.8 Å². The Morgan fingerprint density at radius 2 is 0.909 bits per heavy atom. The van der Waals surface area contributed by atoms with Crippen molar-refractivity contribution in [1.82, 2.24) is 0 Å². The molecule has 0 bridgehead atoms. The monoisotopic (exact) mass is 217 g/mol. The molecular formula is C10H23Ge. The van der Waals surface area contributed by atoms with Crippen LogP contribution in [0.3, 0.4) is 0 Å². The molecule has 1 radical (unpaired) electrons. The van der Waals surface area contributed by atoms with E-state index in [2.05, 4.69) is 47.3 Å². The van der Waals surface area contributed by atoms with Gasteiger partial charge < -0.3 is 0 Å². The quantitative estimate of drug-likeness (QED) is 0.624. The summed E-state index contributed by atoms with van der Waals surface area (Å²) >= 11 is -1.75. The molecule has 0 aromatic heterocycles. The van der Waals surface area contributed by atoms with Crippen molar-refractivity contribution in [1.29, 1.82) is 0 Å². The van der Waals surface area contributed by atoms with Crippen LogP contribution in [0.25, 0.3) is 0 Å². The van der Waals surface area contributed by atoms with Crippen LogP contribution in [0, 0.1) is 5.76 Å². The van der Waals surface area contributed by atoms with Crippen molar-refractivity contribution in [3.63, 3.8) is 0 Å². The zero-order chi connectivity index (χ0) is 9.23. The van der Waals surface area contributed by atoms with Gasteiger partial charge in [-0.1, -0.05) is 0 Å². The van der Waals surface area contributed by atoms with Crippen molar-refractivity contribution < 1.29 is 0 Å². The Morgan fingerprint density at radius 3 is 0.909 bits per heavy atom. The normalized spacial score (nSPS) is 13.6. The van der Waals surface area contributed by atoms with Crippen molar-refractivity contribution in [3.8, 4) is 0 Å². The van der Waals surface area contributed by atoms with Crippen LogP contribution in [0.2, 0.25) is 14.3 Å². The Bertz CT molecular complexity index is 92.3. The molecule has 0 aromatic carbocycles. The minimum absolute atomic E-state index is 0.856. The van der Waals surface area contributed by atoms with Crippen LogP contribution in [0.15, 0.2) is 0 Å². The SMILES string of the molecule is [CH2][Ge]([CH](C)C)([CH](C)C)[CH](C)C. The molecule has 67 valence electrons. The summed E-state index contributed by atoms with van der Waals surface area (Å²) in [6.07, 6.45) is 0. The van der Waals surface area contributed by atoms with E-state index >= 15 is 0 Å². The molecule has 0 spiro atoms. The van der Waals surface area contributed by atoms with Crippen LogP contribution in [-0.4, -0.2) is 13.3 Å². The van der Waals surface area contributed by atoms with Gasteiger partial charge in [0.05, 0.1) is 0 Å². The summed E-state index contributed by atoms with van der Waals surface area (Å²) in [5.74, 6) is 4.56. The van der Waals surface area contributed by atoms with E-state index in [1.165, 1.54) is 0 Å². The van der Waals surface area contributed by atoms with Gasteiger partial charge in [0.1, 0.15) is 0 Å².